The summed E-state index contributed by atoms with van der Waals surface area (Å²) in [6.45, 7) is 1.69. The van der Waals surface area contributed by atoms with E-state index >= 15 is 0 Å². The molecule has 172 valence electrons. The van der Waals surface area contributed by atoms with E-state index in [0.717, 1.165) is 21.3 Å². The minimum absolute atomic E-state index is 0.0310. The average molecular weight is 568 g/mol. The van der Waals surface area contributed by atoms with Gasteiger partial charge >= 0.3 is 0 Å². The SMILES string of the molecule is C[C@H]1Cc2cc(Br)ccc2N1C(=O)CN(Cc1ccc(Cl)cc1)S(=O)(=O)c1ccc(Cl)cc1. The molecule has 0 bridgehead atoms. The van der Waals surface area contributed by atoms with E-state index in [0.29, 0.717) is 16.5 Å². The highest BCUT2D eigenvalue weighted by Crippen LogP contribution is 2.34. The summed E-state index contributed by atoms with van der Waals surface area (Å²) in [4.78, 5) is 15.2. The van der Waals surface area contributed by atoms with Gasteiger partial charge < -0.3 is 4.90 Å². The first kappa shape index (κ1) is 24.2. The van der Waals surface area contributed by atoms with Gasteiger partial charge in [0.25, 0.3) is 0 Å². The third-order valence-corrected chi connectivity index (χ3v) is 8.36. The molecule has 5 nitrogen and oxygen atoms in total. The van der Waals surface area contributed by atoms with Crippen LogP contribution < -0.4 is 4.90 Å². The predicted molar refractivity (Wildman–Crippen MR) is 135 cm³/mol. The maximum atomic E-state index is 13.5. The number of anilines is 1. The van der Waals surface area contributed by atoms with E-state index in [1.165, 1.54) is 28.6 Å². The Labute approximate surface area is 212 Å². The number of benzene rings is 3. The number of amides is 1. The number of sulfonamides is 1. The Balaban J connectivity index is 1.67. The van der Waals surface area contributed by atoms with Crippen LogP contribution in [0.4, 0.5) is 5.69 Å². The second-order valence-electron chi connectivity index (χ2n) is 7.94. The number of carbonyl (C=O) groups is 1. The summed E-state index contributed by atoms with van der Waals surface area (Å²) in [7, 11) is -3.97. The number of nitrogens with zero attached hydrogens (tertiary/aromatic N) is 2. The first-order valence-corrected chi connectivity index (χ1v) is 13.2. The maximum Gasteiger partial charge on any atom is 0.243 e. The van der Waals surface area contributed by atoms with E-state index in [9.17, 15) is 13.2 Å². The van der Waals surface area contributed by atoms with Crippen molar-refractivity contribution in [3.63, 3.8) is 0 Å². The second-order valence-corrected chi connectivity index (χ2v) is 11.7. The van der Waals surface area contributed by atoms with Crippen molar-refractivity contribution in [2.45, 2.75) is 30.8 Å². The van der Waals surface area contributed by atoms with E-state index in [1.807, 2.05) is 25.1 Å². The van der Waals surface area contributed by atoms with Crippen LogP contribution in [0.1, 0.15) is 18.1 Å². The fraction of sp³-hybridized carbons (Fsp3) is 0.208. The van der Waals surface area contributed by atoms with Crippen LogP contribution in [-0.4, -0.2) is 31.2 Å². The molecule has 1 heterocycles. The summed E-state index contributed by atoms with van der Waals surface area (Å²) in [6.07, 6.45) is 0.710. The zero-order chi connectivity index (χ0) is 23.8. The van der Waals surface area contributed by atoms with Gasteiger partial charge in [0, 0.05) is 32.8 Å². The number of hydrogen-bond donors (Lipinski definition) is 0. The van der Waals surface area contributed by atoms with Crippen molar-refractivity contribution in [2.24, 2.45) is 0 Å². The smallest absolute Gasteiger partial charge is 0.243 e. The van der Waals surface area contributed by atoms with Crippen molar-refractivity contribution in [1.82, 2.24) is 4.31 Å². The minimum atomic E-state index is -3.97. The molecule has 1 aliphatic heterocycles. The molecule has 0 unspecified atom stereocenters. The summed E-state index contributed by atoms with van der Waals surface area (Å²) in [5, 5.41) is 0.985. The summed E-state index contributed by atoms with van der Waals surface area (Å²) in [6, 6.07) is 18.5. The zero-order valence-electron chi connectivity index (χ0n) is 17.7. The molecular weight excluding hydrogens is 547 g/mol. The van der Waals surface area contributed by atoms with E-state index in [-0.39, 0.29) is 29.9 Å². The van der Waals surface area contributed by atoms with Crippen LogP contribution in [0.2, 0.25) is 10.0 Å². The van der Waals surface area contributed by atoms with Gasteiger partial charge in [0.1, 0.15) is 0 Å². The lowest BCUT2D eigenvalue weighted by molar-refractivity contribution is -0.119. The molecule has 0 saturated carbocycles. The van der Waals surface area contributed by atoms with Crippen molar-refractivity contribution in [3.8, 4) is 0 Å². The molecule has 0 aliphatic carbocycles. The molecule has 3 aromatic rings. The Morgan fingerprint density at radius 2 is 1.64 bits per heavy atom. The largest absolute Gasteiger partial charge is 0.308 e. The standard InChI is InChI=1S/C24H21BrCl2N2O3S/c1-16-12-18-13-19(25)4-11-23(18)29(16)24(30)15-28(14-17-2-5-20(26)6-3-17)33(31,32)22-9-7-21(27)8-10-22/h2-11,13,16H,12,14-15H2,1H3/t16-/m0/s1. The van der Waals surface area contributed by atoms with Crippen molar-refractivity contribution in [2.75, 3.05) is 11.4 Å². The molecule has 3 aromatic carbocycles. The predicted octanol–water partition coefficient (Wildman–Crippen LogP) is 5.92. The number of fused-ring (bicyclic) bond motifs is 1. The molecule has 1 aliphatic rings. The van der Waals surface area contributed by atoms with Crippen LogP contribution in [0.5, 0.6) is 0 Å². The van der Waals surface area contributed by atoms with Gasteiger partial charge in [-0.05, 0) is 79.1 Å². The Kier molecular flexibility index (Phi) is 7.17. The Morgan fingerprint density at radius 1 is 1.03 bits per heavy atom. The van der Waals surface area contributed by atoms with Gasteiger partial charge in [0.15, 0.2) is 0 Å². The summed E-state index contributed by atoms with van der Waals surface area (Å²) >= 11 is 15.4. The normalized spacial score (nSPS) is 15.7. The van der Waals surface area contributed by atoms with Crippen molar-refractivity contribution >= 4 is 60.7 Å². The Morgan fingerprint density at radius 3 is 2.27 bits per heavy atom. The summed E-state index contributed by atoms with van der Waals surface area (Å²) in [5.41, 5.74) is 2.59. The van der Waals surface area contributed by atoms with Crippen LogP contribution in [0.25, 0.3) is 0 Å². The lowest BCUT2D eigenvalue weighted by Crippen LogP contribution is -2.44. The fourth-order valence-corrected chi connectivity index (χ4v) is 6.02. The third kappa shape index (κ3) is 5.28. The van der Waals surface area contributed by atoms with Gasteiger partial charge in [-0.3, -0.25) is 4.79 Å². The molecule has 0 spiro atoms. The van der Waals surface area contributed by atoms with Crippen LogP contribution in [0.15, 0.2) is 76.1 Å². The Hall–Kier alpha value is -1.90. The molecular formula is C24H21BrCl2N2O3S. The molecule has 9 heteroatoms. The molecule has 4 rings (SSSR count). The molecule has 1 atom stereocenters. The first-order valence-electron chi connectivity index (χ1n) is 10.3. The average Bonchev–Trinajstić information content (AvgIpc) is 3.09. The second kappa shape index (κ2) is 9.76. The van der Waals surface area contributed by atoms with Crippen molar-refractivity contribution in [1.29, 1.82) is 0 Å². The monoisotopic (exact) mass is 566 g/mol. The van der Waals surface area contributed by atoms with Gasteiger partial charge in [-0.2, -0.15) is 4.31 Å². The highest BCUT2D eigenvalue weighted by atomic mass is 79.9. The van der Waals surface area contributed by atoms with Crippen LogP contribution in [0.3, 0.4) is 0 Å². The number of carbonyl (C=O) groups excluding carboxylic acids is 1. The molecule has 0 radical (unpaired) electrons. The number of hydrogen-bond acceptors (Lipinski definition) is 3. The van der Waals surface area contributed by atoms with E-state index < -0.39 is 10.0 Å². The highest BCUT2D eigenvalue weighted by molar-refractivity contribution is 9.10. The summed E-state index contributed by atoms with van der Waals surface area (Å²) < 4.78 is 29.2. The molecule has 33 heavy (non-hydrogen) atoms. The van der Waals surface area contributed by atoms with Crippen molar-refractivity contribution < 1.29 is 13.2 Å². The molecule has 1 amide bonds. The minimum Gasteiger partial charge on any atom is -0.308 e. The van der Waals surface area contributed by atoms with Gasteiger partial charge in [-0.1, -0.05) is 51.3 Å². The number of halogens is 3. The topological polar surface area (TPSA) is 57.7 Å². The van der Waals surface area contributed by atoms with Crippen LogP contribution in [0, 0.1) is 0 Å². The van der Waals surface area contributed by atoms with Gasteiger partial charge in [0.2, 0.25) is 15.9 Å². The fourth-order valence-electron chi connectivity index (χ4n) is 3.98. The lowest BCUT2D eigenvalue weighted by atomic mass is 10.1. The van der Waals surface area contributed by atoms with Gasteiger partial charge in [0.05, 0.1) is 11.4 Å². The Bertz CT molecular complexity index is 1280. The quantitative estimate of drug-likeness (QED) is 0.371. The van der Waals surface area contributed by atoms with Crippen molar-refractivity contribution in [3.05, 3.63) is 92.4 Å². The van der Waals surface area contributed by atoms with Crippen LogP contribution >= 0.6 is 39.1 Å². The van der Waals surface area contributed by atoms with E-state index in [2.05, 4.69) is 15.9 Å². The zero-order valence-corrected chi connectivity index (χ0v) is 21.6. The first-order chi connectivity index (χ1) is 15.6. The van der Waals surface area contributed by atoms with Gasteiger partial charge in [-0.25, -0.2) is 8.42 Å². The molecule has 0 saturated heterocycles. The van der Waals surface area contributed by atoms with Crippen LogP contribution in [-0.2, 0) is 27.8 Å². The molecule has 0 aromatic heterocycles. The lowest BCUT2D eigenvalue weighted by Gasteiger charge is -2.27. The molecule has 0 N–H and O–H groups in total. The van der Waals surface area contributed by atoms with E-state index in [4.69, 9.17) is 23.2 Å². The molecule has 0 fully saturated rings. The van der Waals surface area contributed by atoms with E-state index in [1.54, 1.807) is 29.2 Å². The summed E-state index contributed by atoms with van der Waals surface area (Å²) in [5.74, 6) is -0.282. The number of rotatable bonds is 6. The highest BCUT2D eigenvalue weighted by Gasteiger charge is 2.34. The maximum absolute atomic E-state index is 13.5. The third-order valence-electron chi connectivity index (χ3n) is 5.56. The van der Waals surface area contributed by atoms with Gasteiger partial charge in [-0.15, -0.1) is 0 Å².